The fraction of sp³-hybridized carbons (Fsp3) is 0.312. The number of benzene rings is 1. The molecule has 3 heterocycles. The molecule has 2 N–H and O–H groups in total. The van der Waals surface area contributed by atoms with Crippen molar-refractivity contribution in [1.82, 2.24) is 19.6 Å². The maximum absolute atomic E-state index is 10.2. The number of phenolic OH excluding ortho intramolecular Hbond substituents is 1. The van der Waals surface area contributed by atoms with E-state index in [1.54, 1.807) is 24.7 Å². The highest BCUT2D eigenvalue weighted by Crippen LogP contribution is 2.33. The summed E-state index contributed by atoms with van der Waals surface area (Å²) in [5.41, 5.74) is 1.86. The summed E-state index contributed by atoms with van der Waals surface area (Å²) < 4.78 is 7.31. The number of hydrogen-bond donors (Lipinski definition) is 2. The largest absolute Gasteiger partial charge is 0.507 e. The Hall–Kier alpha value is -2.38. The summed E-state index contributed by atoms with van der Waals surface area (Å²) in [5.74, 6) is 0.663. The molecule has 1 aromatic carbocycles. The molecular formula is C16H16ClN5O2. The van der Waals surface area contributed by atoms with Gasteiger partial charge in [0, 0.05) is 17.2 Å². The first-order valence-corrected chi connectivity index (χ1v) is 8.12. The van der Waals surface area contributed by atoms with Gasteiger partial charge in [0.15, 0.2) is 0 Å². The first-order chi connectivity index (χ1) is 11.7. The van der Waals surface area contributed by atoms with Crippen LogP contribution >= 0.6 is 11.6 Å². The van der Waals surface area contributed by atoms with Gasteiger partial charge in [-0.25, -0.2) is 4.98 Å². The van der Waals surface area contributed by atoms with Crippen LogP contribution in [0.15, 0.2) is 30.7 Å². The second-order valence-electron chi connectivity index (χ2n) is 5.74. The second-order valence-corrected chi connectivity index (χ2v) is 6.18. The molecule has 0 bridgehead atoms. The lowest BCUT2D eigenvalue weighted by Gasteiger charge is -2.23. The van der Waals surface area contributed by atoms with Gasteiger partial charge in [-0.15, -0.1) is 10.2 Å². The van der Waals surface area contributed by atoms with Crippen molar-refractivity contribution < 1.29 is 9.84 Å². The maximum Gasteiger partial charge on any atom is 0.229 e. The molecule has 24 heavy (non-hydrogen) atoms. The summed E-state index contributed by atoms with van der Waals surface area (Å²) in [4.78, 5) is 4.19. The molecule has 124 valence electrons. The van der Waals surface area contributed by atoms with Crippen molar-refractivity contribution in [2.75, 3.05) is 18.5 Å². The highest BCUT2D eigenvalue weighted by molar-refractivity contribution is 6.30. The van der Waals surface area contributed by atoms with Crippen molar-refractivity contribution in [2.24, 2.45) is 0 Å². The van der Waals surface area contributed by atoms with E-state index in [1.165, 1.54) is 6.07 Å². The number of fused-ring (bicyclic) bond motifs is 1. The highest BCUT2D eigenvalue weighted by Gasteiger charge is 2.18. The molecule has 0 amide bonds. The number of nitrogens with zero attached hydrogens (tertiary/aromatic N) is 4. The molecule has 0 radical (unpaired) electrons. The summed E-state index contributed by atoms with van der Waals surface area (Å²) in [6.07, 6.45) is 5.42. The van der Waals surface area contributed by atoms with Crippen LogP contribution in [-0.2, 0) is 4.74 Å². The molecule has 1 saturated heterocycles. The number of rotatable bonds is 3. The summed E-state index contributed by atoms with van der Waals surface area (Å²) >= 11 is 5.90. The lowest BCUT2D eigenvalue weighted by molar-refractivity contribution is 0.0873. The number of nitrogens with one attached hydrogen (secondary N) is 1. The molecule has 7 nitrogen and oxygen atoms in total. The van der Waals surface area contributed by atoms with Crippen molar-refractivity contribution in [3.05, 3.63) is 35.7 Å². The van der Waals surface area contributed by atoms with Crippen LogP contribution in [0.2, 0.25) is 5.02 Å². The topological polar surface area (TPSA) is 84.6 Å². The lowest BCUT2D eigenvalue weighted by atomic mass is 10.1. The Kier molecular flexibility index (Phi) is 3.95. The molecule has 0 saturated carbocycles. The van der Waals surface area contributed by atoms with Gasteiger partial charge in [0.1, 0.15) is 17.8 Å². The third-order valence-electron chi connectivity index (χ3n) is 4.06. The monoisotopic (exact) mass is 345 g/mol. The maximum atomic E-state index is 10.2. The number of hydrogen-bond acceptors (Lipinski definition) is 6. The molecule has 8 heteroatoms. The van der Waals surface area contributed by atoms with Gasteiger partial charge in [-0.2, -0.15) is 0 Å². The van der Waals surface area contributed by atoms with Gasteiger partial charge < -0.3 is 15.2 Å². The number of aromatic nitrogens is 4. The zero-order valence-electron chi connectivity index (χ0n) is 12.8. The average Bonchev–Trinajstić information content (AvgIpc) is 3.07. The van der Waals surface area contributed by atoms with Crippen LogP contribution in [-0.4, -0.2) is 43.9 Å². The molecule has 1 atom stereocenters. The van der Waals surface area contributed by atoms with E-state index in [4.69, 9.17) is 16.3 Å². The van der Waals surface area contributed by atoms with Crippen LogP contribution in [0.25, 0.3) is 16.8 Å². The van der Waals surface area contributed by atoms with Crippen molar-refractivity contribution in [2.45, 2.75) is 18.9 Å². The van der Waals surface area contributed by atoms with Gasteiger partial charge in [0.05, 0.1) is 24.4 Å². The summed E-state index contributed by atoms with van der Waals surface area (Å²) in [7, 11) is 0. The quantitative estimate of drug-likeness (QED) is 0.759. The van der Waals surface area contributed by atoms with Gasteiger partial charge in [-0.05, 0) is 31.0 Å². The molecule has 4 rings (SSSR count). The molecular weight excluding hydrogens is 330 g/mol. The van der Waals surface area contributed by atoms with Gasteiger partial charge in [-0.3, -0.25) is 4.40 Å². The van der Waals surface area contributed by atoms with E-state index in [9.17, 15) is 5.11 Å². The number of aromatic hydroxyl groups is 1. The predicted molar refractivity (Wildman–Crippen MR) is 90.4 cm³/mol. The van der Waals surface area contributed by atoms with Gasteiger partial charge in [0.2, 0.25) is 5.95 Å². The molecule has 1 fully saturated rings. The molecule has 1 aliphatic heterocycles. The Morgan fingerprint density at radius 1 is 1.33 bits per heavy atom. The van der Waals surface area contributed by atoms with Crippen LogP contribution in [0, 0.1) is 0 Å². The normalized spacial score (nSPS) is 18.0. The Labute approximate surface area is 143 Å². The summed E-state index contributed by atoms with van der Waals surface area (Å²) in [6.45, 7) is 1.46. The Morgan fingerprint density at radius 2 is 2.25 bits per heavy atom. The molecule has 3 aromatic rings. The van der Waals surface area contributed by atoms with Crippen molar-refractivity contribution in [3.8, 4) is 17.0 Å². The van der Waals surface area contributed by atoms with Crippen molar-refractivity contribution in [1.29, 1.82) is 0 Å². The van der Waals surface area contributed by atoms with Crippen LogP contribution in [0.1, 0.15) is 12.8 Å². The van der Waals surface area contributed by atoms with E-state index in [0.29, 0.717) is 28.8 Å². The van der Waals surface area contributed by atoms with Gasteiger partial charge >= 0.3 is 0 Å². The van der Waals surface area contributed by atoms with Gasteiger partial charge in [0.25, 0.3) is 0 Å². The minimum Gasteiger partial charge on any atom is -0.507 e. The van der Waals surface area contributed by atoms with Gasteiger partial charge in [-0.1, -0.05) is 11.6 Å². The fourth-order valence-corrected chi connectivity index (χ4v) is 3.03. The second kappa shape index (κ2) is 6.26. The molecule has 2 aromatic heterocycles. The number of anilines is 1. The zero-order valence-corrected chi connectivity index (χ0v) is 13.6. The standard InChI is InChI=1S/C16H16ClN5O2/c17-10-3-4-12(14(23)6-10)15-13-7-18-9-22(13)16(21-20-15)19-11-2-1-5-24-8-11/h3-4,6-7,9,11,23H,1-2,5,8H2,(H,19,21)/t11-/m1/s1. The average molecular weight is 346 g/mol. The van der Waals surface area contributed by atoms with Crippen molar-refractivity contribution in [3.63, 3.8) is 0 Å². The molecule has 0 unspecified atom stereocenters. The van der Waals surface area contributed by atoms with E-state index in [1.807, 2.05) is 4.40 Å². The molecule has 0 spiro atoms. The van der Waals surface area contributed by atoms with Crippen LogP contribution in [0.5, 0.6) is 5.75 Å². The molecule has 1 aliphatic rings. The lowest BCUT2D eigenvalue weighted by Crippen LogP contribution is -2.31. The fourth-order valence-electron chi connectivity index (χ4n) is 2.87. The minimum atomic E-state index is 0.0567. The van der Waals surface area contributed by atoms with Crippen LogP contribution < -0.4 is 5.32 Å². The van der Waals surface area contributed by atoms with E-state index >= 15 is 0 Å². The van der Waals surface area contributed by atoms with Crippen LogP contribution in [0.4, 0.5) is 5.95 Å². The summed E-state index contributed by atoms with van der Waals surface area (Å²) in [6, 6.07) is 5.11. The van der Waals surface area contributed by atoms with E-state index in [-0.39, 0.29) is 11.8 Å². The zero-order chi connectivity index (χ0) is 16.5. The van der Waals surface area contributed by atoms with Crippen molar-refractivity contribution >= 4 is 23.1 Å². The number of halogens is 1. The Morgan fingerprint density at radius 3 is 3.04 bits per heavy atom. The Bertz CT molecular complexity index is 876. The molecule has 0 aliphatic carbocycles. The number of imidazole rings is 1. The minimum absolute atomic E-state index is 0.0567. The van der Waals surface area contributed by atoms with E-state index < -0.39 is 0 Å². The number of phenols is 1. The third-order valence-corrected chi connectivity index (χ3v) is 4.30. The van der Waals surface area contributed by atoms with Crippen LogP contribution in [0.3, 0.4) is 0 Å². The number of ether oxygens (including phenoxy) is 1. The highest BCUT2D eigenvalue weighted by atomic mass is 35.5. The SMILES string of the molecule is Oc1cc(Cl)ccc1-c1nnc(N[C@@H]2CCCOC2)n2cncc12. The predicted octanol–water partition coefficient (Wildman–Crippen LogP) is 2.74. The third kappa shape index (κ3) is 2.76. The van der Waals surface area contributed by atoms with E-state index in [0.717, 1.165) is 25.0 Å². The summed E-state index contributed by atoms with van der Waals surface area (Å²) in [5, 5.41) is 22.5. The smallest absolute Gasteiger partial charge is 0.229 e. The first-order valence-electron chi connectivity index (χ1n) is 7.74. The first kappa shape index (κ1) is 15.2. The van der Waals surface area contributed by atoms with E-state index in [2.05, 4.69) is 20.5 Å². The Balaban J connectivity index is 1.74.